The fourth-order valence-corrected chi connectivity index (χ4v) is 4.00. The summed E-state index contributed by atoms with van der Waals surface area (Å²) in [6.45, 7) is 0.515. The fraction of sp³-hybridized carbons (Fsp3) is 0.625. The highest BCUT2D eigenvalue weighted by Crippen LogP contribution is 2.47. The van der Waals surface area contributed by atoms with E-state index in [1.807, 2.05) is 31.1 Å². The van der Waals surface area contributed by atoms with Crippen molar-refractivity contribution in [3.8, 4) is 0 Å². The largest absolute Gasteiger partial charge is 0.362 e. The van der Waals surface area contributed by atoms with Crippen LogP contribution in [0.15, 0.2) is 18.3 Å². The van der Waals surface area contributed by atoms with Gasteiger partial charge in [-0.3, -0.25) is 4.79 Å². The normalized spacial score (nSPS) is 27.8. The van der Waals surface area contributed by atoms with Crippen molar-refractivity contribution in [3.05, 3.63) is 23.9 Å². The molecule has 0 radical (unpaired) electrons. The highest BCUT2D eigenvalue weighted by Gasteiger charge is 2.48. The van der Waals surface area contributed by atoms with E-state index in [0.29, 0.717) is 18.4 Å². The predicted molar refractivity (Wildman–Crippen MR) is 97.2 cm³/mol. The van der Waals surface area contributed by atoms with Crippen molar-refractivity contribution in [2.75, 3.05) is 19.0 Å². The van der Waals surface area contributed by atoms with E-state index in [1.54, 1.807) is 6.20 Å². The molecular formula is C16H26Cl2N4O. The van der Waals surface area contributed by atoms with Crippen LogP contribution in [0.5, 0.6) is 0 Å². The molecule has 2 saturated carbocycles. The standard InChI is InChI=1S/C16H24N4O.2ClH/c1-20(2)15-12(4-3-7-18-15)9-19-16(21)13-10-5-6-11(8-10)14(13)17;;/h3-4,7,10-11,13-14H,5-6,8-9,17H2,1-2H3,(H,19,21);2*1H. The molecule has 2 bridgehead atoms. The topological polar surface area (TPSA) is 71.2 Å². The molecule has 2 aliphatic rings. The summed E-state index contributed by atoms with van der Waals surface area (Å²) >= 11 is 0. The van der Waals surface area contributed by atoms with Gasteiger partial charge in [0, 0.05) is 38.4 Å². The SMILES string of the molecule is CN(C)c1ncccc1CNC(=O)C1C2CCC(C2)C1N.Cl.Cl. The van der Waals surface area contributed by atoms with Crippen molar-refractivity contribution in [2.24, 2.45) is 23.5 Å². The zero-order valence-electron chi connectivity index (χ0n) is 13.6. The summed E-state index contributed by atoms with van der Waals surface area (Å²) in [5.41, 5.74) is 7.27. The van der Waals surface area contributed by atoms with Crippen LogP contribution in [0.25, 0.3) is 0 Å². The van der Waals surface area contributed by atoms with Crippen LogP contribution in [-0.4, -0.2) is 31.0 Å². The number of fused-ring (bicyclic) bond motifs is 2. The lowest BCUT2D eigenvalue weighted by Gasteiger charge is -2.27. The number of nitrogens with two attached hydrogens (primary N) is 1. The number of halogens is 2. The molecule has 0 aliphatic heterocycles. The molecule has 3 N–H and O–H groups in total. The van der Waals surface area contributed by atoms with Gasteiger partial charge in [0.2, 0.25) is 5.91 Å². The molecule has 4 atom stereocenters. The lowest BCUT2D eigenvalue weighted by atomic mass is 9.84. The first-order valence-corrected chi connectivity index (χ1v) is 7.72. The summed E-state index contributed by atoms with van der Waals surface area (Å²) < 4.78 is 0. The maximum Gasteiger partial charge on any atom is 0.225 e. The van der Waals surface area contributed by atoms with Crippen molar-refractivity contribution in [1.29, 1.82) is 0 Å². The Balaban J connectivity index is 0.00000132. The molecule has 5 nitrogen and oxygen atoms in total. The number of aromatic nitrogens is 1. The number of carbonyl (C=O) groups is 1. The van der Waals surface area contributed by atoms with E-state index < -0.39 is 0 Å². The maximum atomic E-state index is 12.5. The minimum Gasteiger partial charge on any atom is -0.362 e. The molecular weight excluding hydrogens is 335 g/mol. The van der Waals surface area contributed by atoms with Gasteiger partial charge in [-0.1, -0.05) is 6.07 Å². The first kappa shape index (κ1) is 20.0. The third kappa shape index (κ3) is 3.90. The molecule has 7 heteroatoms. The van der Waals surface area contributed by atoms with Gasteiger partial charge in [-0.05, 0) is 37.2 Å². The van der Waals surface area contributed by atoms with E-state index in [4.69, 9.17) is 5.73 Å². The van der Waals surface area contributed by atoms with Gasteiger partial charge in [0.1, 0.15) is 5.82 Å². The van der Waals surface area contributed by atoms with Gasteiger partial charge in [0.05, 0.1) is 5.92 Å². The summed E-state index contributed by atoms with van der Waals surface area (Å²) in [6, 6.07) is 3.95. The minimum atomic E-state index is 0. The summed E-state index contributed by atoms with van der Waals surface area (Å²) in [5, 5.41) is 3.07. The molecule has 4 unspecified atom stereocenters. The van der Waals surface area contributed by atoms with Crippen LogP contribution in [0.1, 0.15) is 24.8 Å². The van der Waals surface area contributed by atoms with Gasteiger partial charge in [0.25, 0.3) is 0 Å². The molecule has 2 aliphatic carbocycles. The summed E-state index contributed by atoms with van der Waals surface area (Å²) in [7, 11) is 3.92. The van der Waals surface area contributed by atoms with Crippen LogP contribution in [0.3, 0.4) is 0 Å². The molecule has 130 valence electrons. The van der Waals surface area contributed by atoms with Gasteiger partial charge < -0.3 is 16.0 Å². The number of amides is 1. The molecule has 1 aromatic heterocycles. The van der Waals surface area contributed by atoms with Crippen molar-refractivity contribution < 1.29 is 4.79 Å². The number of nitrogens with one attached hydrogen (secondary N) is 1. The van der Waals surface area contributed by atoms with Crippen molar-refractivity contribution in [2.45, 2.75) is 31.8 Å². The van der Waals surface area contributed by atoms with E-state index in [-0.39, 0.29) is 42.7 Å². The van der Waals surface area contributed by atoms with Crippen LogP contribution >= 0.6 is 24.8 Å². The van der Waals surface area contributed by atoms with E-state index in [0.717, 1.165) is 24.2 Å². The number of carbonyl (C=O) groups excluding carboxylic acids is 1. The number of nitrogens with zero attached hydrogens (tertiary/aromatic N) is 2. The first-order chi connectivity index (χ1) is 10.1. The highest BCUT2D eigenvalue weighted by atomic mass is 35.5. The zero-order valence-corrected chi connectivity index (χ0v) is 15.2. The Bertz CT molecular complexity index is 539. The molecule has 0 aromatic carbocycles. The van der Waals surface area contributed by atoms with Crippen LogP contribution in [-0.2, 0) is 11.3 Å². The predicted octanol–water partition coefficient (Wildman–Crippen LogP) is 1.98. The van der Waals surface area contributed by atoms with Gasteiger partial charge in [-0.25, -0.2) is 4.98 Å². The molecule has 1 amide bonds. The molecule has 1 heterocycles. The molecule has 0 spiro atoms. The molecule has 1 aromatic rings. The van der Waals surface area contributed by atoms with E-state index in [1.165, 1.54) is 6.42 Å². The van der Waals surface area contributed by atoms with E-state index in [9.17, 15) is 4.79 Å². The number of hydrogen-bond acceptors (Lipinski definition) is 4. The average molecular weight is 361 g/mol. The van der Waals surface area contributed by atoms with Crippen molar-refractivity contribution in [1.82, 2.24) is 10.3 Å². The van der Waals surface area contributed by atoms with Crippen molar-refractivity contribution in [3.63, 3.8) is 0 Å². The monoisotopic (exact) mass is 360 g/mol. The minimum absolute atomic E-state index is 0. The van der Waals surface area contributed by atoms with Crippen LogP contribution in [0, 0.1) is 17.8 Å². The van der Waals surface area contributed by atoms with Gasteiger partial charge >= 0.3 is 0 Å². The second kappa shape index (κ2) is 8.18. The molecule has 2 fully saturated rings. The third-order valence-electron chi connectivity index (χ3n) is 5.03. The van der Waals surface area contributed by atoms with Crippen LogP contribution in [0.2, 0.25) is 0 Å². The number of hydrogen-bond donors (Lipinski definition) is 2. The van der Waals surface area contributed by atoms with Crippen LogP contribution < -0.4 is 16.0 Å². The lowest BCUT2D eigenvalue weighted by Crippen LogP contribution is -2.45. The highest BCUT2D eigenvalue weighted by molar-refractivity contribution is 5.85. The molecule has 3 rings (SSSR count). The molecule has 23 heavy (non-hydrogen) atoms. The summed E-state index contributed by atoms with van der Waals surface area (Å²) in [4.78, 5) is 18.8. The smallest absolute Gasteiger partial charge is 0.225 e. The Labute approximate surface area is 150 Å². The zero-order chi connectivity index (χ0) is 15.0. The number of anilines is 1. The van der Waals surface area contributed by atoms with Gasteiger partial charge in [-0.2, -0.15) is 0 Å². The fourth-order valence-electron chi connectivity index (χ4n) is 4.00. The summed E-state index contributed by atoms with van der Waals surface area (Å²) in [6.07, 6.45) is 5.26. The first-order valence-electron chi connectivity index (χ1n) is 7.72. The second-order valence-electron chi connectivity index (χ2n) is 6.53. The Kier molecular flexibility index (Phi) is 7.11. The van der Waals surface area contributed by atoms with E-state index in [2.05, 4.69) is 10.3 Å². The van der Waals surface area contributed by atoms with Crippen LogP contribution in [0.4, 0.5) is 5.82 Å². The lowest BCUT2D eigenvalue weighted by molar-refractivity contribution is -0.127. The quantitative estimate of drug-likeness (QED) is 0.860. The Morgan fingerprint density at radius 3 is 2.65 bits per heavy atom. The Morgan fingerprint density at radius 1 is 1.35 bits per heavy atom. The molecule has 0 saturated heterocycles. The average Bonchev–Trinajstić information content (AvgIpc) is 3.05. The second-order valence-corrected chi connectivity index (χ2v) is 6.53. The van der Waals surface area contributed by atoms with Gasteiger partial charge in [-0.15, -0.1) is 24.8 Å². The summed E-state index contributed by atoms with van der Waals surface area (Å²) in [5.74, 6) is 2.07. The van der Waals surface area contributed by atoms with E-state index >= 15 is 0 Å². The maximum absolute atomic E-state index is 12.5. The Hall–Kier alpha value is -1.04. The number of pyridine rings is 1. The Morgan fingerprint density at radius 2 is 2.04 bits per heavy atom. The van der Waals surface area contributed by atoms with Gasteiger partial charge in [0.15, 0.2) is 0 Å². The van der Waals surface area contributed by atoms with Crippen molar-refractivity contribution >= 4 is 36.5 Å². The third-order valence-corrected chi connectivity index (χ3v) is 5.03. The number of rotatable bonds is 4.